The fourth-order valence-electron chi connectivity index (χ4n) is 1.65. The van der Waals surface area contributed by atoms with E-state index in [0.717, 1.165) is 19.0 Å². The van der Waals surface area contributed by atoms with E-state index in [1.54, 1.807) is 14.2 Å². The Bertz CT molecular complexity index is 363. The first kappa shape index (κ1) is 23.2. The number of hydrogen-bond acceptors (Lipinski definition) is 6. The maximum absolute atomic E-state index is 11.6. The summed E-state index contributed by atoms with van der Waals surface area (Å²) >= 11 is 0. The van der Waals surface area contributed by atoms with E-state index in [2.05, 4.69) is 5.32 Å². The summed E-state index contributed by atoms with van der Waals surface area (Å²) in [5.74, 6) is 0. The van der Waals surface area contributed by atoms with Crippen LogP contribution in [0.5, 0.6) is 0 Å². The van der Waals surface area contributed by atoms with Gasteiger partial charge in [0.1, 0.15) is 13.2 Å². The quantitative estimate of drug-likeness (QED) is 0.205. The average Bonchev–Trinajstić information content (AvgIpc) is 2.44. The molecule has 0 amide bonds. The van der Waals surface area contributed by atoms with Gasteiger partial charge in [-0.05, 0) is 25.6 Å². The zero-order valence-electron chi connectivity index (χ0n) is 15.3. The van der Waals surface area contributed by atoms with Crippen LogP contribution < -0.4 is 5.32 Å². The number of quaternary nitrogens is 1. The first-order valence-corrected chi connectivity index (χ1v) is 11.8. The number of rotatable bonds is 14. The summed E-state index contributed by atoms with van der Waals surface area (Å²) in [4.78, 5) is 9.53. The highest BCUT2D eigenvalue weighted by Gasteiger charge is 2.27. The molecule has 0 fully saturated rings. The fourth-order valence-corrected chi connectivity index (χ4v) is 3.75. The van der Waals surface area contributed by atoms with E-state index in [9.17, 15) is 9.46 Å². The van der Waals surface area contributed by atoms with Crippen molar-refractivity contribution in [3.05, 3.63) is 0 Å². The van der Waals surface area contributed by atoms with Crippen LogP contribution in [0.15, 0.2) is 0 Å². The van der Waals surface area contributed by atoms with Crippen LogP contribution in [0.4, 0.5) is 0 Å². The Hall–Kier alpha value is 0.167. The number of likely N-dealkylation sites (N-methyl/N-ethyl adjacent to an activating group) is 1. The summed E-state index contributed by atoms with van der Waals surface area (Å²) in [6.45, 7) is 4.22. The van der Waals surface area contributed by atoms with Crippen LogP contribution in [-0.4, -0.2) is 86.1 Å². The number of phosphoric ester groups is 1. The van der Waals surface area contributed by atoms with Crippen LogP contribution in [0.25, 0.3) is 0 Å². The first-order chi connectivity index (χ1) is 10.5. The third-order valence-electron chi connectivity index (χ3n) is 3.40. The number of hydrogen-bond donors (Lipinski definition) is 2. The summed E-state index contributed by atoms with van der Waals surface area (Å²) in [5.41, 5.74) is 0. The fraction of sp³-hybridized carbons (Fsp3) is 1.00. The largest absolute Gasteiger partial charge is 0.472 e. The normalized spacial score (nSPS) is 15.6. The molecule has 0 aliphatic rings. The molecule has 0 aliphatic carbocycles. The Morgan fingerprint density at radius 2 is 1.65 bits per heavy atom. The molecule has 1 atom stereocenters. The van der Waals surface area contributed by atoms with Gasteiger partial charge < -0.3 is 23.5 Å². The lowest BCUT2D eigenvalue weighted by Gasteiger charge is -2.24. The van der Waals surface area contributed by atoms with E-state index in [0.29, 0.717) is 17.6 Å². The second-order valence-electron chi connectivity index (χ2n) is 6.54. The molecule has 0 saturated carbocycles. The molecule has 10 heteroatoms. The maximum Gasteiger partial charge on any atom is 0.472 e. The maximum atomic E-state index is 11.6. The summed E-state index contributed by atoms with van der Waals surface area (Å²) in [7, 11) is 3.34. The van der Waals surface area contributed by atoms with Crippen LogP contribution in [-0.2, 0) is 22.5 Å². The Labute approximate surface area is 141 Å². The topological polar surface area (TPSA) is 86.3 Å². The molecule has 2 N–H and O–H groups in total. The molecular formula is C13H34N2O6PSi+. The zero-order valence-corrected chi connectivity index (χ0v) is 17.2. The summed E-state index contributed by atoms with van der Waals surface area (Å²) in [6.07, 6.45) is 0.918. The van der Waals surface area contributed by atoms with E-state index in [-0.39, 0.29) is 13.2 Å². The third-order valence-corrected chi connectivity index (χ3v) is 7.40. The van der Waals surface area contributed by atoms with E-state index in [1.807, 2.05) is 27.7 Å². The molecule has 0 heterocycles. The molecule has 0 saturated heterocycles. The van der Waals surface area contributed by atoms with Gasteiger partial charge in [-0.3, -0.25) is 9.05 Å². The Balaban J connectivity index is 3.69. The minimum absolute atomic E-state index is 0.126. The van der Waals surface area contributed by atoms with E-state index in [1.165, 1.54) is 0 Å². The number of phosphoric acid groups is 1. The van der Waals surface area contributed by atoms with Gasteiger partial charge in [0.05, 0.1) is 27.7 Å². The van der Waals surface area contributed by atoms with Gasteiger partial charge in [-0.2, -0.15) is 0 Å². The van der Waals surface area contributed by atoms with Crippen molar-refractivity contribution < 1.29 is 31.8 Å². The molecule has 0 radical (unpaired) electrons. The highest BCUT2D eigenvalue weighted by atomic mass is 31.2. The lowest BCUT2D eigenvalue weighted by atomic mass is 10.5. The molecule has 1 unspecified atom stereocenters. The van der Waals surface area contributed by atoms with Gasteiger partial charge in [-0.15, -0.1) is 0 Å². The van der Waals surface area contributed by atoms with Gasteiger partial charge in [0.15, 0.2) is 0 Å². The van der Waals surface area contributed by atoms with Crippen LogP contribution in [0.2, 0.25) is 12.6 Å². The molecule has 23 heavy (non-hydrogen) atoms. The predicted octanol–water partition coefficient (Wildman–Crippen LogP) is 1.17. The monoisotopic (exact) mass is 373 g/mol. The smallest absolute Gasteiger partial charge is 0.398 e. The van der Waals surface area contributed by atoms with Crippen molar-refractivity contribution in [3.63, 3.8) is 0 Å². The first-order valence-electron chi connectivity index (χ1n) is 7.77. The van der Waals surface area contributed by atoms with Gasteiger partial charge in [0.25, 0.3) is 0 Å². The minimum atomic E-state index is -3.95. The van der Waals surface area contributed by atoms with Gasteiger partial charge in [-0.1, -0.05) is 0 Å². The second-order valence-corrected chi connectivity index (χ2v) is 11.6. The third kappa shape index (κ3) is 13.2. The summed E-state index contributed by atoms with van der Waals surface area (Å²) in [5, 5.41) is 3.15. The molecule has 0 spiro atoms. The van der Waals surface area contributed by atoms with Crippen LogP contribution in [0.1, 0.15) is 6.42 Å². The Kier molecular flexibility index (Phi) is 11.0. The molecular weight excluding hydrogens is 339 g/mol. The second kappa shape index (κ2) is 10.9. The molecule has 0 aromatic heterocycles. The van der Waals surface area contributed by atoms with Crippen LogP contribution >= 0.6 is 7.82 Å². The van der Waals surface area contributed by atoms with Crippen molar-refractivity contribution in [2.45, 2.75) is 19.0 Å². The summed E-state index contributed by atoms with van der Waals surface area (Å²) in [6, 6.07) is 0.889. The molecule has 0 aromatic carbocycles. The standard InChI is InChI=1S/C13H33N2O6PSi/c1-15(2,3)10-12-21-22(16,17)20-11-9-14-8-7-13-23(6,18-4)19-5/h14H,7-13H2,1-6H3/p+1. The van der Waals surface area contributed by atoms with Crippen molar-refractivity contribution in [3.8, 4) is 0 Å². The van der Waals surface area contributed by atoms with E-state index >= 15 is 0 Å². The van der Waals surface area contributed by atoms with Gasteiger partial charge >= 0.3 is 16.4 Å². The molecule has 0 bridgehead atoms. The molecule has 0 rings (SSSR count). The molecule has 0 aromatic rings. The van der Waals surface area contributed by atoms with Crippen LogP contribution in [0.3, 0.4) is 0 Å². The van der Waals surface area contributed by atoms with E-state index in [4.69, 9.17) is 17.9 Å². The molecule has 140 valence electrons. The number of nitrogens with one attached hydrogen (secondary N) is 1. The Morgan fingerprint density at radius 3 is 2.17 bits per heavy atom. The average molecular weight is 373 g/mol. The van der Waals surface area contributed by atoms with Crippen molar-refractivity contribution in [2.75, 3.05) is 68.2 Å². The van der Waals surface area contributed by atoms with Gasteiger partial charge in [-0.25, -0.2) is 4.57 Å². The SMILES string of the molecule is CO[Si](C)(CCCNCCOP(=O)(O)OCC[N+](C)(C)C)OC. The molecule has 8 nitrogen and oxygen atoms in total. The van der Waals surface area contributed by atoms with Crippen LogP contribution in [0, 0.1) is 0 Å². The highest BCUT2D eigenvalue weighted by Crippen LogP contribution is 2.42. The van der Waals surface area contributed by atoms with Gasteiger partial charge in [0, 0.05) is 20.8 Å². The lowest BCUT2D eigenvalue weighted by molar-refractivity contribution is -0.870. The van der Waals surface area contributed by atoms with Crippen molar-refractivity contribution in [1.82, 2.24) is 5.32 Å². The van der Waals surface area contributed by atoms with Gasteiger partial charge in [0.2, 0.25) is 0 Å². The number of nitrogens with zero attached hydrogens (tertiary/aromatic N) is 1. The predicted molar refractivity (Wildman–Crippen MR) is 92.6 cm³/mol. The minimum Gasteiger partial charge on any atom is -0.398 e. The zero-order chi connectivity index (χ0) is 18.0. The highest BCUT2D eigenvalue weighted by molar-refractivity contribution is 7.47. The van der Waals surface area contributed by atoms with Crippen molar-refractivity contribution in [2.24, 2.45) is 0 Å². The lowest BCUT2D eigenvalue weighted by Crippen LogP contribution is -2.37. The van der Waals surface area contributed by atoms with Crippen molar-refractivity contribution in [1.29, 1.82) is 0 Å². The summed E-state index contributed by atoms with van der Waals surface area (Å²) < 4.78 is 32.9. The molecule has 0 aliphatic heterocycles. The van der Waals surface area contributed by atoms with Crippen molar-refractivity contribution >= 4 is 16.4 Å². The van der Waals surface area contributed by atoms with E-state index < -0.39 is 16.4 Å². The Morgan fingerprint density at radius 1 is 1.09 bits per heavy atom.